The van der Waals surface area contributed by atoms with Gasteiger partial charge in [0.15, 0.2) is 0 Å². The number of fused-ring (bicyclic) bond motifs is 1. The Labute approximate surface area is 156 Å². The lowest BCUT2D eigenvalue weighted by Gasteiger charge is -2.04. The largest absolute Gasteiger partial charge is 0.352 e. The Kier molecular flexibility index (Phi) is 4.68. The molecule has 2 aromatic heterocycles. The van der Waals surface area contributed by atoms with Gasteiger partial charge >= 0.3 is 0 Å². The predicted molar refractivity (Wildman–Crippen MR) is 101 cm³/mol. The van der Waals surface area contributed by atoms with E-state index in [2.05, 4.69) is 19.0 Å². The fourth-order valence-electron chi connectivity index (χ4n) is 2.48. The van der Waals surface area contributed by atoms with Gasteiger partial charge in [-0.1, -0.05) is 0 Å². The van der Waals surface area contributed by atoms with Crippen molar-refractivity contribution >= 4 is 40.0 Å². The zero-order valence-corrected chi connectivity index (χ0v) is 15.1. The first-order valence-corrected chi connectivity index (χ1v) is 9.51. The van der Waals surface area contributed by atoms with Crippen molar-refractivity contribution in [1.29, 1.82) is 0 Å². The number of carbonyl (C=O) groups excluding carboxylic acids is 1. The van der Waals surface area contributed by atoms with Gasteiger partial charge in [0.2, 0.25) is 0 Å². The number of nitrogens with zero attached hydrogens (tertiary/aromatic N) is 3. The van der Waals surface area contributed by atoms with Crippen LogP contribution in [0, 0.1) is 5.82 Å². The molecule has 0 aliphatic carbocycles. The van der Waals surface area contributed by atoms with Crippen LogP contribution < -0.4 is 5.32 Å². The van der Waals surface area contributed by atoms with Crippen LogP contribution in [0.4, 0.5) is 4.39 Å². The maximum Gasteiger partial charge on any atom is 0.251 e. The molecule has 2 heterocycles. The third-order valence-corrected chi connectivity index (χ3v) is 5.32. The minimum absolute atomic E-state index is 0.145. The molecule has 26 heavy (non-hydrogen) atoms. The summed E-state index contributed by atoms with van der Waals surface area (Å²) in [5.74, 6) is -0.409. The van der Waals surface area contributed by atoms with Gasteiger partial charge in [-0.15, -0.1) is 11.3 Å². The number of amides is 1. The van der Waals surface area contributed by atoms with Gasteiger partial charge in [-0.3, -0.25) is 4.79 Å². The van der Waals surface area contributed by atoms with Gasteiger partial charge in [-0.05, 0) is 42.5 Å². The molecule has 0 radical (unpaired) electrons. The lowest BCUT2D eigenvalue weighted by atomic mass is 10.2. The fraction of sp³-hybridized carbons (Fsp3) is 0.111. The Morgan fingerprint density at radius 3 is 2.73 bits per heavy atom. The molecule has 1 amide bonds. The van der Waals surface area contributed by atoms with Crippen LogP contribution in [0.1, 0.15) is 16.1 Å². The summed E-state index contributed by atoms with van der Waals surface area (Å²) in [6.45, 7) is 0.485. The molecule has 0 saturated heterocycles. The molecule has 1 N–H and O–H groups in total. The molecule has 4 rings (SSSR count). The molecule has 0 saturated carbocycles. The maximum atomic E-state index is 13.0. The molecule has 0 fully saturated rings. The number of hydrogen-bond donors (Lipinski definition) is 1. The molecule has 0 atom stereocenters. The molecule has 0 aliphatic rings. The van der Waals surface area contributed by atoms with E-state index in [1.54, 1.807) is 30.3 Å². The van der Waals surface area contributed by atoms with E-state index in [0.717, 1.165) is 39.0 Å². The third kappa shape index (κ3) is 3.61. The molecule has 2 aromatic carbocycles. The number of thiazole rings is 1. The lowest BCUT2D eigenvalue weighted by molar-refractivity contribution is 0.0954. The number of hydrogen-bond acceptors (Lipinski definition) is 6. The summed E-state index contributed by atoms with van der Waals surface area (Å²) in [4.78, 5) is 16.8. The number of halogens is 1. The Morgan fingerprint density at radius 1 is 1.08 bits per heavy atom. The summed E-state index contributed by atoms with van der Waals surface area (Å²) in [5.41, 5.74) is 3.87. The number of carbonyl (C=O) groups is 1. The van der Waals surface area contributed by atoms with E-state index in [-0.39, 0.29) is 11.7 Å². The van der Waals surface area contributed by atoms with Crippen LogP contribution in [-0.2, 0) is 6.42 Å². The van der Waals surface area contributed by atoms with Gasteiger partial charge in [0, 0.05) is 29.5 Å². The molecule has 0 unspecified atom stereocenters. The second-order valence-electron chi connectivity index (χ2n) is 5.62. The smallest absolute Gasteiger partial charge is 0.251 e. The second kappa shape index (κ2) is 7.27. The SMILES string of the molecule is O=C(NCCc1csc(-c2ccc(F)cc2)n1)c1ccc2nsnc2c1. The van der Waals surface area contributed by atoms with Crippen molar-refractivity contribution in [2.24, 2.45) is 0 Å². The van der Waals surface area contributed by atoms with Crippen molar-refractivity contribution in [2.45, 2.75) is 6.42 Å². The van der Waals surface area contributed by atoms with Crippen LogP contribution in [0.15, 0.2) is 47.8 Å². The molecule has 0 spiro atoms. The number of nitrogens with one attached hydrogen (secondary N) is 1. The van der Waals surface area contributed by atoms with Gasteiger partial charge in [0.25, 0.3) is 5.91 Å². The summed E-state index contributed by atoms with van der Waals surface area (Å²) >= 11 is 2.64. The highest BCUT2D eigenvalue weighted by molar-refractivity contribution is 7.13. The average Bonchev–Trinajstić information content (AvgIpc) is 3.31. The van der Waals surface area contributed by atoms with Gasteiger partial charge in [-0.25, -0.2) is 9.37 Å². The van der Waals surface area contributed by atoms with Crippen molar-refractivity contribution < 1.29 is 9.18 Å². The van der Waals surface area contributed by atoms with E-state index < -0.39 is 0 Å². The van der Waals surface area contributed by atoms with Gasteiger partial charge in [-0.2, -0.15) is 8.75 Å². The van der Waals surface area contributed by atoms with Gasteiger partial charge in [0.05, 0.1) is 17.4 Å². The maximum absolute atomic E-state index is 13.0. The van der Waals surface area contributed by atoms with Crippen molar-refractivity contribution in [1.82, 2.24) is 19.0 Å². The van der Waals surface area contributed by atoms with E-state index in [1.165, 1.54) is 23.5 Å². The monoisotopic (exact) mass is 384 g/mol. The Balaban J connectivity index is 1.35. The highest BCUT2D eigenvalue weighted by Gasteiger charge is 2.09. The van der Waals surface area contributed by atoms with E-state index in [1.807, 2.05) is 5.38 Å². The standard InChI is InChI=1S/C18H13FN4OS2/c19-13-4-1-11(2-5-13)18-21-14(10-25-18)7-8-20-17(24)12-3-6-15-16(9-12)23-26-22-15/h1-6,9-10H,7-8H2,(H,20,24). The van der Waals surface area contributed by atoms with E-state index in [4.69, 9.17) is 0 Å². The van der Waals surface area contributed by atoms with Crippen molar-refractivity contribution in [2.75, 3.05) is 6.54 Å². The minimum Gasteiger partial charge on any atom is -0.352 e. The van der Waals surface area contributed by atoms with Crippen molar-refractivity contribution in [3.63, 3.8) is 0 Å². The molecule has 130 valence electrons. The first kappa shape index (κ1) is 16.7. The van der Waals surface area contributed by atoms with Crippen molar-refractivity contribution in [3.05, 3.63) is 64.9 Å². The Hall–Kier alpha value is -2.71. The molecule has 5 nitrogen and oxygen atoms in total. The quantitative estimate of drug-likeness (QED) is 0.566. The summed E-state index contributed by atoms with van der Waals surface area (Å²) < 4.78 is 21.3. The predicted octanol–water partition coefficient (Wildman–Crippen LogP) is 3.93. The Morgan fingerprint density at radius 2 is 1.88 bits per heavy atom. The van der Waals surface area contributed by atoms with E-state index >= 15 is 0 Å². The Bertz CT molecular complexity index is 1060. The summed E-state index contributed by atoms with van der Waals surface area (Å²) in [5, 5.41) is 5.69. The molecule has 4 aromatic rings. The summed E-state index contributed by atoms with van der Waals surface area (Å²) in [7, 11) is 0. The third-order valence-electron chi connectivity index (χ3n) is 3.83. The van der Waals surface area contributed by atoms with Crippen LogP contribution in [0.25, 0.3) is 21.6 Å². The highest BCUT2D eigenvalue weighted by atomic mass is 32.1. The number of benzene rings is 2. The molecular formula is C18H13FN4OS2. The average molecular weight is 384 g/mol. The highest BCUT2D eigenvalue weighted by Crippen LogP contribution is 2.24. The molecule has 0 bridgehead atoms. The summed E-state index contributed by atoms with van der Waals surface area (Å²) in [6, 6.07) is 11.5. The molecule has 8 heteroatoms. The molecule has 0 aliphatic heterocycles. The van der Waals surface area contributed by atoms with Crippen LogP contribution in [0.2, 0.25) is 0 Å². The second-order valence-corrected chi connectivity index (χ2v) is 7.01. The minimum atomic E-state index is -0.264. The van der Waals surface area contributed by atoms with Crippen LogP contribution in [-0.4, -0.2) is 26.2 Å². The topological polar surface area (TPSA) is 67.8 Å². The first-order chi connectivity index (χ1) is 12.7. The van der Waals surface area contributed by atoms with Gasteiger partial charge in [0.1, 0.15) is 21.9 Å². The lowest BCUT2D eigenvalue weighted by Crippen LogP contribution is -2.25. The van der Waals surface area contributed by atoms with Crippen molar-refractivity contribution in [3.8, 4) is 10.6 Å². The zero-order valence-electron chi connectivity index (χ0n) is 13.5. The number of aromatic nitrogens is 3. The van der Waals surface area contributed by atoms with E-state index in [9.17, 15) is 9.18 Å². The normalized spacial score (nSPS) is 11.0. The number of rotatable bonds is 5. The van der Waals surface area contributed by atoms with Gasteiger partial charge < -0.3 is 5.32 Å². The summed E-state index contributed by atoms with van der Waals surface area (Å²) in [6.07, 6.45) is 0.629. The van der Waals surface area contributed by atoms with Crippen LogP contribution in [0.3, 0.4) is 0 Å². The first-order valence-electron chi connectivity index (χ1n) is 7.90. The fourth-order valence-corrected chi connectivity index (χ4v) is 3.85. The van der Waals surface area contributed by atoms with Crippen LogP contribution >= 0.6 is 23.1 Å². The molecular weight excluding hydrogens is 371 g/mol. The van der Waals surface area contributed by atoms with Crippen LogP contribution in [0.5, 0.6) is 0 Å². The zero-order chi connectivity index (χ0) is 17.9. The van der Waals surface area contributed by atoms with E-state index in [0.29, 0.717) is 18.5 Å².